The zero-order valence-corrected chi connectivity index (χ0v) is 18.7. The molecule has 0 fully saturated rings. The Bertz CT molecular complexity index is 1390. The molecule has 4 rings (SSSR count). The first-order valence-corrected chi connectivity index (χ1v) is 12.0. The highest BCUT2D eigenvalue weighted by molar-refractivity contribution is 7.86. The first-order valence-electron chi connectivity index (χ1n) is 10.1. The molecule has 2 heterocycles. The molecule has 1 aliphatic heterocycles. The number of allylic oxidation sites excluding steroid dienone is 1. The largest absolute Gasteiger partial charge is 0.493 e. The summed E-state index contributed by atoms with van der Waals surface area (Å²) in [5.41, 5.74) is 0.474. The lowest BCUT2D eigenvalue weighted by atomic mass is 9.99. The van der Waals surface area contributed by atoms with Crippen LogP contribution in [0, 0.1) is 0 Å². The quantitative estimate of drug-likeness (QED) is 0.387. The molecule has 1 aliphatic rings. The van der Waals surface area contributed by atoms with Gasteiger partial charge in [-0.1, -0.05) is 18.2 Å². The number of nitrogens with zero attached hydrogens (tertiary/aromatic N) is 2. The zero-order chi connectivity index (χ0) is 24.5. The molecule has 7 nitrogen and oxygen atoms in total. The van der Waals surface area contributed by atoms with E-state index in [1.807, 2.05) is 0 Å². The van der Waals surface area contributed by atoms with Crippen molar-refractivity contribution in [2.24, 2.45) is 0 Å². The lowest BCUT2D eigenvalue weighted by Crippen LogP contribution is -2.32. The van der Waals surface area contributed by atoms with Gasteiger partial charge < -0.3 is 4.74 Å². The molecule has 0 saturated heterocycles. The van der Waals surface area contributed by atoms with Gasteiger partial charge in [-0.3, -0.25) is 9.78 Å². The molecule has 3 aromatic rings. The second-order valence-electron chi connectivity index (χ2n) is 7.62. The molecule has 0 spiro atoms. The van der Waals surface area contributed by atoms with Crippen molar-refractivity contribution in [3.05, 3.63) is 71.9 Å². The number of aromatic nitrogens is 1. The predicted molar refractivity (Wildman–Crippen MR) is 119 cm³/mol. The maximum Gasteiger partial charge on any atom is 0.416 e. The van der Waals surface area contributed by atoms with Gasteiger partial charge in [0.1, 0.15) is 5.75 Å². The van der Waals surface area contributed by atoms with Crippen molar-refractivity contribution in [1.82, 2.24) is 4.98 Å². The molecule has 1 aromatic heterocycles. The normalized spacial score (nSPS) is 15.5. The van der Waals surface area contributed by atoms with E-state index in [2.05, 4.69) is 4.98 Å². The summed E-state index contributed by atoms with van der Waals surface area (Å²) in [6, 6.07) is 11.2. The Morgan fingerprint density at radius 1 is 1.18 bits per heavy atom. The predicted octanol–water partition coefficient (Wildman–Crippen LogP) is 4.73. The third kappa shape index (κ3) is 5.37. The molecule has 11 heteroatoms. The topological polar surface area (TPSA) is 85.8 Å². The molecular formula is C23H19F3N2O5S. The maximum absolute atomic E-state index is 13.2. The number of pyridine rings is 1. The van der Waals surface area contributed by atoms with Crippen molar-refractivity contribution in [3.8, 4) is 5.75 Å². The summed E-state index contributed by atoms with van der Waals surface area (Å²) < 4.78 is 73.6. The summed E-state index contributed by atoms with van der Waals surface area (Å²) in [5, 5.41) is 1.39. The van der Waals surface area contributed by atoms with Crippen molar-refractivity contribution >= 4 is 38.2 Å². The summed E-state index contributed by atoms with van der Waals surface area (Å²) >= 11 is 0. The number of halogens is 3. The second-order valence-corrected chi connectivity index (χ2v) is 9.18. The number of hydroxylamine groups is 1. The van der Waals surface area contributed by atoms with Crippen LogP contribution in [0.4, 0.5) is 18.9 Å². The summed E-state index contributed by atoms with van der Waals surface area (Å²) in [7, 11) is -4.09. The van der Waals surface area contributed by atoms with E-state index in [1.54, 1.807) is 24.4 Å². The van der Waals surface area contributed by atoms with Gasteiger partial charge in [-0.05, 0) is 48.7 Å². The van der Waals surface area contributed by atoms with Gasteiger partial charge in [-0.25, -0.2) is 0 Å². The fourth-order valence-corrected chi connectivity index (χ4v) is 3.97. The lowest BCUT2D eigenvalue weighted by Gasteiger charge is -2.20. The molecule has 0 saturated carbocycles. The van der Waals surface area contributed by atoms with E-state index in [-0.39, 0.29) is 18.0 Å². The lowest BCUT2D eigenvalue weighted by molar-refractivity contribution is -0.137. The number of carbonyl (C=O) groups is 1. The Morgan fingerprint density at radius 3 is 2.71 bits per heavy atom. The van der Waals surface area contributed by atoms with Gasteiger partial charge in [-0.2, -0.15) is 26.7 Å². The third-order valence-corrected chi connectivity index (χ3v) is 5.45. The van der Waals surface area contributed by atoms with Crippen molar-refractivity contribution in [1.29, 1.82) is 0 Å². The number of fused-ring (bicyclic) bond motifs is 2. The maximum atomic E-state index is 13.2. The molecule has 2 aromatic carbocycles. The standard InChI is InChI=1S/C23H19F3N2O5S/c1-34(30,31)33-28(18-8-6-15-4-2-10-27-20(15)14-18)22(29)12-16-5-3-11-32-21-13-17(23(24,25)26)7-9-19(16)21/h2,4,6-10,12-14H,3,5,11H2,1H3/b16-12+. The van der Waals surface area contributed by atoms with E-state index in [4.69, 9.17) is 9.02 Å². The molecule has 178 valence electrons. The highest BCUT2D eigenvalue weighted by atomic mass is 32.2. The van der Waals surface area contributed by atoms with Crippen LogP contribution in [0.5, 0.6) is 5.75 Å². The molecule has 0 bridgehead atoms. The minimum Gasteiger partial charge on any atom is -0.493 e. The van der Waals surface area contributed by atoms with Gasteiger partial charge in [0.05, 0.1) is 29.6 Å². The number of benzene rings is 2. The van der Waals surface area contributed by atoms with E-state index < -0.39 is 27.8 Å². The zero-order valence-electron chi connectivity index (χ0n) is 17.9. The minimum atomic E-state index is -4.55. The van der Waals surface area contributed by atoms with Crippen LogP contribution < -0.4 is 9.80 Å². The van der Waals surface area contributed by atoms with Gasteiger partial charge in [-0.15, -0.1) is 4.28 Å². The molecule has 0 radical (unpaired) electrons. The molecule has 34 heavy (non-hydrogen) atoms. The van der Waals surface area contributed by atoms with Crippen molar-refractivity contribution in [2.75, 3.05) is 17.9 Å². The fraction of sp³-hybridized carbons (Fsp3) is 0.217. The van der Waals surface area contributed by atoms with Crippen LogP contribution >= 0.6 is 0 Å². The molecule has 0 unspecified atom stereocenters. The Labute approximate surface area is 193 Å². The van der Waals surface area contributed by atoms with Crippen molar-refractivity contribution in [2.45, 2.75) is 19.0 Å². The van der Waals surface area contributed by atoms with Crippen molar-refractivity contribution < 1.29 is 35.4 Å². The highest BCUT2D eigenvalue weighted by Crippen LogP contribution is 2.38. The average molecular weight is 492 g/mol. The van der Waals surface area contributed by atoms with Gasteiger partial charge >= 0.3 is 6.18 Å². The summed E-state index contributed by atoms with van der Waals surface area (Å²) in [5.74, 6) is -0.833. The molecule has 0 atom stereocenters. The van der Waals surface area contributed by atoms with Gasteiger partial charge in [0.15, 0.2) is 0 Å². The van der Waals surface area contributed by atoms with Crippen LogP contribution in [0.2, 0.25) is 0 Å². The molecule has 1 amide bonds. The Morgan fingerprint density at radius 2 is 1.97 bits per heavy atom. The van der Waals surface area contributed by atoms with Crippen LogP contribution in [0.25, 0.3) is 16.5 Å². The number of alkyl halides is 3. The van der Waals surface area contributed by atoms with Crippen LogP contribution in [0.3, 0.4) is 0 Å². The first-order chi connectivity index (χ1) is 16.0. The van der Waals surface area contributed by atoms with E-state index in [9.17, 15) is 26.4 Å². The van der Waals surface area contributed by atoms with Crippen LogP contribution in [0.1, 0.15) is 24.0 Å². The minimum absolute atomic E-state index is 0.00291. The van der Waals surface area contributed by atoms with Crippen LogP contribution in [0.15, 0.2) is 60.8 Å². The Hall–Kier alpha value is -3.44. The Kier molecular flexibility index (Phi) is 6.32. The number of anilines is 1. The van der Waals surface area contributed by atoms with Crippen molar-refractivity contribution in [3.63, 3.8) is 0 Å². The third-order valence-electron chi connectivity index (χ3n) is 5.03. The van der Waals surface area contributed by atoms with E-state index in [1.165, 1.54) is 18.2 Å². The average Bonchev–Trinajstić information content (AvgIpc) is 2.97. The summed E-state index contributed by atoms with van der Waals surface area (Å²) in [6.45, 7) is 0.166. The molecule has 0 N–H and O–H groups in total. The number of hydrogen-bond donors (Lipinski definition) is 0. The van der Waals surface area contributed by atoms with E-state index in [0.717, 1.165) is 29.9 Å². The second kappa shape index (κ2) is 9.07. The summed E-state index contributed by atoms with van der Waals surface area (Å²) in [4.78, 5) is 17.4. The molecule has 0 aliphatic carbocycles. The van der Waals surface area contributed by atoms with E-state index >= 15 is 0 Å². The van der Waals surface area contributed by atoms with Gasteiger partial charge in [0.25, 0.3) is 16.0 Å². The van der Waals surface area contributed by atoms with Gasteiger partial charge in [0, 0.05) is 23.2 Å². The smallest absolute Gasteiger partial charge is 0.416 e. The van der Waals surface area contributed by atoms with Crippen LogP contribution in [-0.4, -0.2) is 32.2 Å². The Balaban J connectivity index is 1.75. The molecular weight excluding hydrogens is 473 g/mol. The van der Waals surface area contributed by atoms with Crippen LogP contribution in [-0.2, 0) is 25.4 Å². The number of rotatable bonds is 4. The van der Waals surface area contributed by atoms with Gasteiger partial charge in [0.2, 0.25) is 0 Å². The van der Waals surface area contributed by atoms with E-state index in [0.29, 0.717) is 34.6 Å². The number of amides is 1. The monoisotopic (exact) mass is 492 g/mol. The number of hydrogen-bond acceptors (Lipinski definition) is 6. The number of carbonyl (C=O) groups excluding carboxylic acids is 1. The number of ether oxygens (including phenoxy) is 1. The summed E-state index contributed by atoms with van der Waals surface area (Å²) in [6.07, 6.45) is -0.274. The highest BCUT2D eigenvalue weighted by Gasteiger charge is 2.32. The first kappa shape index (κ1) is 23.7. The fourth-order valence-electron chi connectivity index (χ4n) is 3.54. The SMILES string of the molecule is CS(=O)(=O)ON(C(=O)/C=C1\CCCOc2cc(C(F)(F)F)ccc21)c1ccc2cccnc2c1.